The van der Waals surface area contributed by atoms with Crippen LogP contribution in [0.5, 0.6) is 17.4 Å². The molecule has 1 aromatic heterocycles. The van der Waals surface area contributed by atoms with Gasteiger partial charge >= 0.3 is 0 Å². The lowest BCUT2D eigenvalue weighted by Crippen LogP contribution is -2.18. The number of ether oxygens (including phenoxy) is 2. The predicted molar refractivity (Wildman–Crippen MR) is 74.7 cm³/mol. The average molecular weight is 258 g/mol. The summed E-state index contributed by atoms with van der Waals surface area (Å²) in [6.07, 6.45) is 2.44. The summed E-state index contributed by atoms with van der Waals surface area (Å²) >= 11 is 0. The Bertz CT molecular complexity index is 541. The Kier molecular flexibility index (Phi) is 4.36. The molecule has 0 spiro atoms. The first-order chi connectivity index (χ1) is 9.19. The normalized spacial score (nSPS) is 11.9. The van der Waals surface area contributed by atoms with E-state index >= 15 is 0 Å². The fraction of sp³-hybridized carbons (Fsp3) is 0.267. The molecule has 0 aliphatic rings. The molecule has 0 radical (unpaired) electrons. The molecule has 0 saturated carbocycles. The molecule has 2 aromatic rings. The topological polar surface area (TPSA) is 57.4 Å². The lowest BCUT2D eigenvalue weighted by atomic mass is 10.1. The molecule has 0 saturated heterocycles. The Hall–Kier alpha value is -2.07. The largest absolute Gasteiger partial charge is 0.497 e. The van der Waals surface area contributed by atoms with Crippen molar-refractivity contribution >= 4 is 0 Å². The zero-order valence-corrected chi connectivity index (χ0v) is 11.2. The predicted octanol–water partition coefficient (Wildman–Crippen LogP) is 2.77. The maximum atomic E-state index is 5.83. The maximum Gasteiger partial charge on any atom is 0.222 e. The Morgan fingerprint density at radius 1 is 1.21 bits per heavy atom. The van der Waals surface area contributed by atoms with Crippen LogP contribution in [0.3, 0.4) is 0 Å². The minimum atomic E-state index is 0.0665. The highest BCUT2D eigenvalue weighted by molar-refractivity contribution is 5.37. The standard InChI is InChI=1S/C15H18N2O2/c1-11(16)9-12-5-4-8-17-15(12)19-14-7-3-6-13(10-14)18-2/h3-8,10-11H,9,16H2,1-2H3. The maximum absolute atomic E-state index is 5.83. The zero-order valence-electron chi connectivity index (χ0n) is 11.2. The second-order valence-corrected chi connectivity index (χ2v) is 4.43. The van der Waals surface area contributed by atoms with Gasteiger partial charge < -0.3 is 15.2 Å². The van der Waals surface area contributed by atoms with Gasteiger partial charge in [-0.1, -0.05) is 12.1 Å². The molecule has 19 heavy (non-hydrogen) atoms. The van der Waals surface area contributed by atoms with Crippen LogP contribution in [0.15, 0.2) is 42.6 Å². The van der Waals surface area contributed by atoms with Gasteiger partial charge in [-0.05, 0) is 31.5 Å². The van der Waals surface area contributed by atoms with Crippen LogP contribution in [0.1, 0.15) is 12.5 Å². The lowest BCUT2D eigenvalue weighted by Gasteiger charge is -2.12. The number of pyridine rings is 1. The average Bonchev–Trinajstić information content (AvgIpc) is 2.41. The van der Waals surface area contributed by atoms with Crippen LogP contribution in [-0.2, 0) is 6.42 Å². The van der Waals surface area contributed by atoms with Crippen LogP contribution in [0.4, 0.5) is 0 Å². The fourth-order valence-corrected chi connectivity index (χ4v) is 1.79. The molecule has 1 unspecified atom stereocenters. The summed E-state index contributed by atoms with van der Waals surface area (Å²) < 4.78 is 11.0. The highest BCUT2D eigenvalue weighted by Crippen LogP contribution is 2.26. The molecule has 1 aromatic carbocycles. The van der Waals surface area contributed by atoms with E-state index in [-0.39, 0.29) is 6.04 Å². The first-order valence-electron chi connectivity index (χ1n) is 6.20. The minimum absolute atomic E-state index is 0.0665. The number of nitrogens with zero attached hydrogens (tertiary/aromatic N) is 1. The van der Waals surface area contributed by atoms with Gasteiger partial charge in [-0.25, -0.2) is 4.98 Å². The van der Waals surface area contributed by atoms with Gasteiger partial charge in [-0.2, -0.15) is 0 Å². The first-order valence-corrected chi connectivity index (χ1v) is 6.20. The molecule has 1 heterocycles. The van der Waals surface area contributed by atoms with Crippen molar-refractivity contribution in [2.75, 3.05) is 7.11 Å². The fourth-order valence-electron chi connectivity index (χ4n) is 1.79. The van der Waals surface area contributed by atoms with E-state index in [2.05, 4.69) is 4.98 Å². The Morgan fingerprint density at radius 2 is 2.00 bits per heavy atom. The third-order valence-corrected chi connectivity index (χ3v) is 2.65. The molecule has 0 bridgehead atoms. The summed E-state index contributed by atoms with van der Waals surface area (Å²) in [7, 11) is 1.63. The summed E-state index contributed by atoms with van der Waals surface area (Å²) in [5.41, 5.74) is 6.83. The van der Waals surface area contributed by atoms with E-state index in [1.807, 2.05) is 43.3 Å². The van der Waals surface area contributed by atoms with E-state index in [0.717, 1.165) is 17.7 Å². The smallest absolute Gasteiger partial charge is 0.222 e. The molecule has 1 atom stereocenters. The summed E-state index contributed by atoms with van der Waals surface area (Å²) in [6.45, 7) is 1.96. The first kappa shape index (κ1) is 13.4. The zero-order chi connectivity index (χ0) is 13.7. The van der Waals surface area contributed by atoms with Crippen LogP contribution in [-0.4, -0.2) is 18.1 Å². The molecule has 0 fully saturated rings. The number of hydrogen-bond acceptors (Lipinski definition) is 4. The van der Waals surface area contributed by atoms with Crippen molar-refractivity contribution in [3.8, 4) is 17.4 Å². The molecule has 4 nitrogen and oxygen atoms in total. The summed E-state index contributed by atoms with van der Waals surface area (Å²) in [5.74, 6) is 2.04. The van der Waals surface area contributed by atoms with E-state index in [4.69, 9.17) is 15.2 Å². The van der Waals surface area contributed by atoms with Crippen molar-refractivity contribution in [1.82, 2.24) is 4.98 Å². The van der Waals surface area contributed by atoms with Gasteiger partial charge in [0.05, 0.1) is 7.11 Å². The lowest BCUT2D eigenvalue weighted by molar-refractivity contribution is 0.406. The highest BCUT2D eigenvalue weighted by atomic mass is 16.5. The molecule has 0 amide bonds. The third kappa shape index (κ3) is 3.69. The van der Waals surface area contributed by atoms with Crippen LogP contribution >= 0.6 is 0 Å². The SMILES string of the molecule is COc1cccc(Oc2ncccc2CC(C)N)c1. The minimum Gasteiger partial charge on any atom is -0.497 e. The van der Waals surface area contributed by atoms with E-state index in [1.165, 1.54) is 0 Å². The number of hydrogen-bond donors (Lipinski definition) is 1. The van der Waals surface area contributed by atoms with Crippen molar-refractivity contribution in [3.63, 3.8) is 0 Å². The number of rotatable bonds is 5. The third-order valence-electron chi connectivity index (χ3n) is 2.65. The van der Waals surface area contributed by atoms with Crippen LogP contribution in [0, 0.1) is 0 Å². The Balaban J connectivity index is 2.22. The van der Waals surface area contributed by atoms with E-state index in [9.17, 15) is 0 Å². The second-order valence-electron chi connectivity index (χ2n) is 4.43. The summed E-state index contributed by atoms with van der Waals surface area (Å²) in [4.78, 5) is 4.26. The summed E-state index contributed by atoms with van der Waals surface area (Å²) in [5, 5.41) is 0. The van der Waals surface area contributed by atoms with Crippen LogP contribution in [0.2, 0.25) is 0 Å². The van der Waals surface area contributed by atoms with Gasteiger partial charge in [-0.15, -0.1) is 0 Å². The van der Waals surface area contributed by atoms with E-state index in [1.54, 1.807) is 13.3 Å². The number of nitrogens with two attached hydrogens (primary N) is 1. The van der Waals surface area contributed by atoms with Gasteiger partial charge in [0.2, 0.25) is 5.88 Å². The number of aromatic nitrogens is 1. The monoisotopic (exact) mass is 258 g/mol. The molecule has 100 valence electrons. The molecule has 2 rings (SSSR count). The molecule has 4 heteroatoms. The highest BCUT2D eigenvalue weighted by Gasteiger charge is 2.08. The van der Waals surface area contributed by atoms with Crippen LogP contribution < -0.4 is 15.2 Å². The molecule has 2 N–H and O–H groups in total. The van der Waals surface area contributed by atoms with Crippen molar-refractivity contribution < 1.29 is 9.47 Å². The van der Waals surface area contributed by atoms with Crippen molar-refractivity contribution in [3.05, 3.63) is 48.2 Å². The number of methoxy groups -OCH3 is 1. The van der Waals surface area contributed by atoms with Gasteiger partial charge in [0.15, 0.2) is 0 Å². The number of benzene rings is 1. The molecular formula is C15H18N2O2. The van der Waals surface area contributed by atoms with Crippen molar-refractivity contribution in [2.24, 2.45) is 5.73 Å². The van der Waals surface area contributed by atoms with E-state index in [0.29, 0.717) is 11.6 Å². The second kappa shape index (κ2) is 6.20. The Labute approximate surface area is 113 Å². The van der Waals surface area contributed by atoms with E-state index < -0.39 is 0 Å². The summed E-state index contributed by atoms with van der Waals surface area (Å²) in [6, 6.07) is 11.4. The Morgan fingerprint density at radius 3 is 2.74 bits per heavy atom. The molecule has 0 aliphatic carbocycles. The van der Waals surface area contributed by atoms with Gasteiger partial charge in [0, 0.05) is 23.9 Å². The van der Waals surface area contributed by atoms with Crippen molar-refractivity contribution in [2.45, 2.75) is 19.4 Å². The van der Waals surface area contributed by atoms with Gasteiger partial charge in [0.25, 0.3) is 0 Å². The van der Waals surface area contributed by atoms with Crippen LogP contribution in [0.25, 0.3) is 0 Å². The van der Waals surface area contributed by atoms with Gasteiger partial charge in [0.1, 0.15) is 11.5 Å². The quantitative estimate of drug-likeness (QED) is 0.896. The van der Waals surface area contributed by atoms with Crippen molar-refractivity contribution in [1.29, 1.82) is 0 Å². The van der Waals surface area contributed by atoms with Gasteiger partial charge in [-0.3, -0.25) is 0 Å². The molecular weight excluding hydrogens is 240 g/mol. The molecule has 0 aliphatic heterocycles.